The third-order valence-corrected chi connectivity index (χ3v) is 7.76. The molecule has 0 saturated carbocycles. The lowest BCUT2D eigenvalue weighted by molar-refractivity contribution is -0.119. The number of hydrogen-bond acceptors (Lipinski definition) is 5. The maximum Gasteiger partial charge on any atom is 0.264 e. The molecular formula is C22H27Cl2N3O4S. The summed E-state index contributed by atoms with van der Waals surface area (Å²) in [5.74, 6) is -0.418. The van der Waals surface area contributed by atoms with Crippen LogP contribution in [-0.4, -0.2) is 65.2 Å². The summed E-state index contributed by atoms with van der Waals surface area (Å²) in [5, 5.41) is 3.09. The molecule has 1 aliphatic rings. The number of rotatable bonds is 9. The van der Waals surface area contributed by atoms with Gasteiger partial charge in [0.15, 0.2) is 0 Å². The van der Waals surface area contributed by atoms with Gasteiger partial charge in [0.1, 0.15) is 6.54 Å². The Hall–Kier alpha value is -1.84. The van der Waals surface area contributed by atoms with Gasteiger partial charge in [-0.05, 0) is 44.2 Å². The van der Waals surface area contributed by atoms with Crippen LogP contribution in [0.25, 0.3) is 0 Å². The predicted molar refractivity (Wildman–Crippen MR) is 127 cm³/mol. The highest BCUT2D eigenvalue weighted by Gasteiger charge is 2.29. The number of carbonyl (C=O) groups is 1. The largest absolute Gasteiger partial charge is 0.379 e. The van der Waals surface area contributed by atoms with E-state index in [-0.39, 0.29) is 20.6 Å². The molecule has 174 valence electrons. The number of nitrogens with zero attached hydrogens (tertiary/aromatic N) is 2. The van der Waals surface area contributed by atoms with Gasteiger partial charge in [-0.15, -0.1) is 0 Å². The number of benzene rings is 2. The number of ether oxygens (including phenoxy) is 1. The molecular weight excluding hydrogens is 473 g/mol. The van der Waals surface area contributed by atoms with Crippen molar-refractivity contribution in [3.63, 3.8) is 0 Å². The Morgan fingerprint density at radius 3 is 2.50 bits per heavy atom. The summed E-state index contributed by atoms with van der Waals surface area (Å²) in [6.07, 6.45) is 0.758. The molecule has 0 unspecified atom stereocenters. The van der Waals surface area contributed by atoms with Gasteiger partial charge in [-0.2, -0.15) is 0 Å². The minimum atomic E-state index is -4.05. The molecule has 0 aliphatic carbocycles. The molecule has 32 heavy (non-hydrogen) atoms. The minimum absolute atomic E-state index is 0.0688. The van der Waals surface area contributed by atoms with Crippen LogP contribution in [-0.2, 0) is 19.6 Å². The van der Waals surface area contributed by atoms with Crippen molar-refractivity contribution in [2.75, 3.05) is 50.2 Å². The van der Waals surface area contributed by atoms with Crippen molar-refractivity contribution in [3.8, 4) is 0 Å². The van der Waals surface area contributed by atoms with Crippen LogP contribution in [0.5, 0.6) is 0 Å². The normalized spacial score (nSPS) is 14.8. The van der Waals surface area contributed by atoms with Crippen LogP contribution in [0.1, 0.15) is 12.0 Å². The fourth-order valence-corrected chi connectivity index (χ4v) is 5.24. The Balaban J connectivity index is 1.73. The Labute approximate surface area is 199 Å². The molecule has 2 aromatic carbocycles. The summed E-state index contributed by atoms with van der Waals surface area (Å²) in [4.78, 5) is 15.0. The number of carbonyl (C=O) groups excluding carboxylic acids is 1. The Kier molecular flexibility index (Phi) is 8.79. The third kappa shape index (κ3) is 6.36. The van der Waals surface area contributed by atoms with E-state index in [1.165, 1.54) is 18.2 Å². The summed E-state index contributed by atoms with van der Waals surface area (Å²) in [6, 6.07) is 11.1. The molecule has 1 fully saturated rings. The van der Waals surface area contributed by atoms with Crippen molar-refractivity contribution in [3.05, 3.63) is 58.1 Å². The van der Waals surface area contributed by atoms with E-state index in [0.717, 1.165) is 49.1 Å². The van der Waals surface area contributed by atoms with Crippen molar-refractivity contribution in [2.45, 2.75) is 18.2 Å². The fourth-order valence-electron chi connectivity index (χ4n) is 3.36. The molecule has 1 heterocycles. The van der Waals surface area contributed by atoms with Crippen LogP contribution in [0, 0.1) is 6.92 Å². The first kappa shape index (κ1) is 24.8. The topological polar surface area (TPSA) is 79.0 Å². The quantitative estimate of drug-likeness (QED) is 0.535. The van der Waals surface area contributed by atoms with Crippen molar-refractivity contribution < 1.29 is 17.9 Å². The summed E-state index contributed by atoms with van der Waals surface area (Å²) in [5.41, 5.74) is 1.08. The van der Waals surface area contributed by atoms with E-state index >= 15 is 0 Å². The van der Waals surface area contributed by atoms with Crippen LogP contribution in [0.4, 0.5) is 5.69 Å². The number of aryl methyl sites for hydroxylation is 1. The molecule has 1 N–H and O–H groups in total. The van der Waals surface area contributed by atoms with Crippen LogP contribution in [0.3, 0.4) is 0 Å². The molecule has 7 nitrogen and oxygen atoms in total. The maximum atomic E-state index is 13.4. The average molecular weight is 500 g/mol. The molecule has 0 aromatic heterocycles. The number of sulfonamides is 1. The van der Waals surface area contributed by atoms with Crippen LogP contribution >= 0.6 is 23.2 Å². The molecule has 0 atom stereocenters. The molecule has 2 aromatic rings. The number of anilines is 1. The van der Waals surface area contributed by atoms with Gasteiger partial charge < -0.3 is 10.1 Å². The zero-order valence-electron chi connectivity index (χ0n) is 17.9. The summed E-state index contributed by atoms with van der Waals surface area (Å²) >= 11 is 12.4. The first-order chi connectivity index (χ1) is 15.3. The molecule has 1 amide bonds. The van der Waals surface area contributed by atoms with E-state index < -0.39 is 22.5 Å². The second kappa shape index (κ2) is 11.3. The van der Waals surface area contributed by atoms with Crippen molar-refractivity contribution in [1.29, 1.82) is 0 Å². The van der Waals surface area contributed by atoms with E-state index in [1.54, 1.807) is 24.3 Å². The number of hydrogen-bond donors (Lipinski definition) is 1. The third-order valence-electron chi connectivity index (χ3n) is 5.17. The molecule has 1 saturated heterocycles. The maximum absolute atomic E-state index is 13.4. The van der Waals surface area contributed by atoms with Crippen LogP contribution in [0.2, 0.25) is 10.0 Å². The molecule has 0 radical (unpaired) electrons. The summed E-state index contributed by atoms with van der Waals surface area (Å²) in [6.45, 7) is 5.94. The lowest BCUT2D eigenvalue weighted by atomic mass is 10.2. The Bertz CT molecular complexity index is 1030. The highest BCUT2D eigenvalue weighted by atomic mass is 35.5. The predicted octanol–water partition coefficient (Wildman–Crippen LogP) is 3.34. The van der Waals surface area contributed by atoms with E-state index in [0.29, 0.717) is 6.54 Å². The molecule has 1 aliphatic heterocycles. The lowest BCUT2D eigenvalue weighted by Gasteiger charge is -2.27. The van der Waals surface area contributed by atoms with E-state index in [9.17, 15) is 13.2 Å². The van der Waals surface area contributed by atoms with Crippen molar-refractivity contribution in [1.82, 2.24) is 10.2 Å². The first-order valence-electron chi connectivity index (χ1n) is 10.4. The van der Waals surface area contributed by atoms with Gasteiger partial charge >= 0.3 is 0 Å². The Morgan fingerprint density at radius 1 is 1.12 bits per heavy atom. The van der Waals surface area contributed by atoms with Gasteiger partial charge in [-0.3, -0.25) is 14.0 Å². The number of morpholine rings is 1. The Morgan fingerprint density at radius 2 is 1.81 bits per heavy atom. The van der Waals surface area contributed by atoms with Gasteiger partial charge in [-0.25, -0.2) is 8.42 Å². The highest BCUT2D eigenvalue weighted by molar-refractivity contribution is 7.92. The average Bonchev–Trinajstić information content (AvgIpc) is 2.78. The minimum Gasteiger partial charge on any atom is -0.379 e. The molecule has 0 bridgehead atoms. The molecule has 0 spiro atoms. The van der Waals surface area contributed by atoms with E-state index in [1.807, 2.05) is 6.92 Å². The smallest absolute Gasteiger partial charge is 0.264 e. The number of amides is 1. The standard InChI is InChI=1S/C22H27Cl2N3O4S/c1-17-6-8-18(9-7-17)32(29,30)27(20-5-2-4-19(23)22(20)24)16-21(28)25-10-3-11-26-12-14-31-15-13-26/h2,4-9H,3,10-16H2,1H3,(H,25,28). The molecule has 3 rings (SSSR count). The number of nitrogens with one attached hydrogen (secondary N) is 1. The lowest BCUT2D eigenvalue weighted by Crippen LogP contribution is -2.42. The van der Waals surface area contributed by atoms with E-state index in [2.05, 4.69) is 10.2 Å². The van der Waals surface area contributed by atoms with Gasteiger partial charge in [0.05, 0.1) is 33.8 Å². The second-order valence-electron chi connectivity index (χ2n) is 7.56. The van der Waals surface area contributed by atoms with Gasteiger partial charge in [0.25, 0.3) is 10.0 Å². The van der Waals surface area contributed by atoms with Crippen molar-refractivity contribution in [2.24, 2.45) is 0 Å². The fraction of sp³-hybridized carbons (Fsp3) is 0.409. The highest BCUT2D eigenvalue weighted by Crippen LogP contribution is 2.35. The van der Waals surface area contributed by atoms with Gasteiger partial charge in [-0.1, -0.05) is 47.0 Å². The SMILES string of the molecule is Cc1ccc(S(=O)(=O)N(CC(=O)NCCCN2CCOCC2)c2cccc(Cl)c2Cl)cc1. The monoisotopic (exact) mass is 499 g/mol. The summed E-state index contributed by atoms with van der Waals surface area (Å²) < 4.78 is 33.1. The van der Waals surface area contributed by atoms with Crippen LogP contribution in [0.15, 0.2) is 47.4 Å². The second-order valence-corrected chi connectivity index (χ2v) is 10.2. The summed E-state index contributed by atoms with van der Waals surface area (Å²) in [7, 11) is -4.05. The zero-order valence-corrected chi connectivity index (χ0v) is 20.2. The van der Waals surface area contributed by atoms with Gasteiger partial charge in [0, 0.05) is 19.6 Å². The number of halogens is 2. The van der Waals surface area contributed by atoms with E-state index in [4.69, 9.17) is 27.9 Å². The zero-order chi connectivity index (χ0) is 23.1. The van der Waals surface area contributed by atoms with Crippen LogP contribution < -0.4 is 9.62 Å². The first-order valence-corrected chi connectivity index (χ1v) is 12.6. The van der Waals surface area contributed by atoms with Gasteiger partial charge in [0.2, 0.25) is 5.91 Å². The van der Waals surface area contributed by atoms with Crippen molar-refractivity contribution >= 4 is 44.8 Å². The molecule has 10 heteroatoms.